The number of nitrogens with zero attached hydrogens (tertiary/aromatic N) is 3. The number of hydrogen-bond donors (Lipinski definition) is 4. The van der Waals surface area contributed by atoms with E-state index in [1.807, 2.05) is 13.8 Å². The molecule has 1 aromatic heterocycles. The molecule has 1 aliphatic heterocycles. The zero-order valence-corrected chi connectivity index (χ0v) is 25.4. The van der Waals surface area contributed by atoms with Crippen molar-refractivity contribution in [3.8, 4) is 0 Å². The van der Waals surface area contributed by atoms with Gasteiger partial charge in [0.25, 0.3) is 5.91 Å². The maximum atomic E-state index is 13.8. The Morgan fingerprint density at radius 3 is 2.17 bits per heavy atom. The maximum absolute atomic E-state index is 13.8. The van der Waals surface area contributed by atoms with E-state index in [4.69, 9.17) is 0 Å². The number of nitrogens with one attached hydrogen (secondary N) is 4. The first kappa shape index (κ1) is 33.3. The zero-order valence-electron chi connectivity index (χ0n) is 25.4. The highest BCUT2D eigenvalue weighted by Gasteiger charge is 2.50. The summed E-state index contributed by atoms with van der Waals surface area (Å²) in [6, 6.07) is 4.62. The largest absolute Gasteiger partial charge is 0.405 e. The summed E-state index contributed by atoms with van der Waals surface area (Å²) in [4.78, 5) is 44.4. The van der Waals surface area contributed by atoms with Crippen LogP contribution in [0, 0.1) is 17.8 Å². The fourth-order valence-corrected chi connectivity index (χ4v) is 6.04. The molecule has 10 nitrogen and oxygen atoms in total. The molecule has 0 saturated heterocycles. The molecule has 5 rings (SSSR count). The fraction of sp³-hybridized carbons (Fsp3) is 0.567. The predicted octanol–water partition coefficient (Wildman–Crippen LogP) is 4.77. The summed E-state index contributed by atoms with van der Waals surface area (Å²) in [5.41, 5.74) is -1.48. The van der Waals surface area contributed by atoms with Gasteiger partial charge in [-0.3, -0.25) is 19.1 Å². The standard InChI is InChI=1S/C30H35F6N7O3/c1-15(2)43-21(10-11-39-43)24(44)42-23(22(16-4-5-16)17-6-7-17)25(45)40-18-8-9-19-20(12-18)41-26(37-13-29(31,32)33)28(19,3)27(46)38-14-30(34,35)36/h8-12,15-17,22-23H,4-7,13-14H2,1-3H3,(H,37,41)(H,38,46)(H,40,45)(H,42,44)/t23-,28-/m0/s1. The van der Waals surface area contributed by atoms with Crippen LogP contribution in [0.5, 0.6) is 0 Å². The van der Waals surface area contributed by atoms with Crippen LogP contribution in [0.15, 0.2) is 35.5 Å². The number of aromatic nitrogens is 2. The highest BCUT2D eigenvalue weighted by molar-refractivity contribution is 6.17. The summed E-state index contributed by atoms with van der Waals surface area (Å²) in [5.74, 6) is -2.23. The zero-order chi connectivity index (χ0) is 33.6. The van der Waals surface area contributed by atoms with E-state index in [2.05, 4.69) is 26.0 Å². The number of benzene rings is 1. The lowest BCUT2D eigenvalue weighted by Crippen LogP contribution is -2.53. The molecule has 0 bridgehead atoms. The number of hydrogen-bond acceptors (Lipinski definition) is 6. The Labute approximate surface area is 260 Å². The number of carbonyl (C=O) groups excluding carboxylic acids is 3. The summed E-state index contributed by atoms with van der Waals surface area (Å²) >= 11 is 0. The molecule has 2 aliphatic carbocycles. The Bertz CT molecular complexity index is 1520. The second-order valence-electron chi connectivity index (χ2n) is 12.5. The minimum Gasteiger partial charge on any atom is -0.363 e. The van der Waals surface area contributed by atoms with Crippen LogP contribution < -0.4 is 21.3 Å². The normalized spacial score (nSPS) is 20.3. The van der Waals surface area contributed by atoms with Crippen LogP contribution in [0.25, 0.3) is 0 Å². The second-order valence-corrected chi connectivity index (χ2v) is 12.5. The van der Waals surface area contributed by atoms with Gasteiger partial charge in [-0.25, -0.2) is 4.99 Å². The summed E-state index contributed by atoms with van der Waals surface area (Å²) in [6.07, 6.45) is -4.23. The first-order chi connectivity index (χ1) is 21.5. The van der Waals surface area contributed by atoms with Crippen LogP contribution in [-0.2, 0) is 15.0 Å². The van der Waals surface area contributed by atoms with Crippen molar-refractivity contribution in [2.45, 2.75) is 76.3 Å². The molecule has 46 heavy (non-hydrogen) atoms. The first-order valence-electron chi connectivity index (χ1n) is 15.0. The van der Waals surface area contributed by atoms with Crippen molar-refractivity contribution in [3.05, 3.63) is 41.7 Å². The molecule has 4 N–H and O–H groups in total. The predicted molar refractivity (Wildman–Crippen MR) is 155 cm³/mol. The Morgan fingerprint density at radius 2 is 1.61 bits per heavy atom. The minimum atomic E-state index is -4.75. The molecule has 0 spiro atoms. The molecule has 2 aromatic rings. The van der Waals surface area contributed by atoms with Gasteiger partial charge in [-0.1, -0.05) is 6.07 Å². The minimum absolute atomic E-state index is 0.00510. The molecule has 250 valence electrons. The Hall–Kier alpha value is -4.11. The summed E-state index contributed by atoms with van der Waals surface area (Å²) in [7, 11) is 0. The van der Waals surface area contributed by atoms with E-state index in [-0.39, 0.29) is 40.7 Å². The number of anilines is 1. The molecular weight excluding hydrogens is 620 g/mol. The number of amidine groups is 1. The molecule has 3 amide bonds. The van der Waals surface area contributed by atoms with Crippen molar-refractivity contribution in [3.63, 3.8) is 0 Å². The number of fused-ring (bicyclic) bond motifs is 1. The van der Waals surface area contributed by atoms with Gasteiger partial charge in [0.05, 0.1) is 5.69 Å². The number of alkyl halides is 6. The number of amides is 3. The first-order valence-corrected chi connectivity index (χ1v) is 15.0. The number of aliphatic imine (C=N–C) groups is 1. The molecule has 2 fully saturated rings. The third kappa shape index (κ3) is 7.30. The molecule has 2 atom stereocenters. The highest BCUT2D eigenvalue weighted by atomic mass is 19.4. The lowest BCUT2D eigenvalue weighted by Gasteiger charge is -2.28. The summed E-state index contributed by atoms with van der Waals surface area (Å²) in [5, 5.41) is 13.7. The van der Waals surface area contributed by atoms with E-state index in [1.54, 1.807) is 16.1 Å². The van der Waals surface area contributed by atoms with Gasteiger partial charge < -0.3 is 21.3 Å². The smallest absolute Gasteiger partial charge is 0.363 e. The monoisotopic (exact) mass is 655 g/mol. The molecule has 3 aliphatic rings. The quantitative estimate of drug-likeness (QED) is 0.260. The van der Waals surface area contributed by atoms with E-state index in [0.717, 1.165) is 25.7 Å². The second kappa shape index (κ2) is 12.2. The molecule has 0 radical (unpaired) electrons. The fourth-order valence-electron chi connectivity index (χ4n) is 6.04. The van der Waals surface area contributed by atoms with Crippen LogP contribution in [0.3, 0.4) is 0 Å². The molecule has 16 heteroatoms. The van der Waals surface area contributed by atoms with Gasteiger partial charge in [0.2, 0.25) is 11.8 Å². The van der Waals surface area contributed by atoms with E-state index in [1.165, 1.54) is 31.3 Å². The van der Waals surface area contributed by atoms with Gasteiger partial charge in [-0.05, 0) is 82.4 Å². The van der Waals surface area contributed by atoms with Gasteiger partial charge in [-0.15, -0.1) is 0 Å². The third-order valence-corrected chi connectivity index (χ3v) is 8.55. The average Bonchev–Trinajstić information content (AvgIpc) is 3.90. The lowest BCUT2D eigenvalue weighted by atomic mass is 9.81. The van der Waals surface area contributed by atoms with Crippen molar-refractivity contribution in [2.24, 2.45) is 22.7 Å². The van der Waals surface area contributed by atoms with Crippen molar-refractivity contribution in [2.75, 3.05) is 18.4 Å². The molecular formula is C30H35F6N7O3. The van der Waals surface area contributed by atoms with E-state index in [9.17, 15) is 40.7 Å². The van der Waals surface area contributed by atoms with Crippen LogP contribution in [0.4, 0.5) is 37.7 Å². The average molecular weight is 656 g/mol. The van der Waals surface area contributed by atoms with Crippen LogP contribution >= 0.6 is 0 Å². The summed E-state index contributed by atoms with van der Waals surface area (Å²) < 4.78 is 79.3. The van der Waals surface area contributed by atoms with Gasteiger partial charge in [-0.2, -0.15) is 31.4 Å². The highest BCUT2D eigenvalue weighted by Crippen LogP contribution is 2.51. The Balaban J connectivity index is 1.41. The summed E-state index contributed by atoms with van der Waals surface area (Å²) in [6.45, 7) is 1.65. The number of carbonyl (C=O) groups is 3. The Kier molecular flexibility index (Phi) is 8.85. The van der Waals surface area contributed by atoms with E-state index < -0.39 is 60.5 Å². The SMILES string of the molecule is CC(C)n1nccc1C(=O)N[C@H](C(=O)Nc1ccc2c(c1)N=C(NCC(F)(F)F)[C@@]2(C)C(=O)NCC(F)(F)F)C(C1CC1)C1CC1. The Morgan fingerprint density at radius 1 is 0.978 bits per heavy atom. The lowest BCUT2D eigenvalue weighted by molar-refractivity contribution is -0.140. The van der Waals surface area contributed by atoms with E-state index >= 15 is 0 Å². The third-order valence-electron chi connectivity index (χ3n) is 8.55. The topological polar surface area (TPSA) is 130 Å². The van der Waals surface area contributed by atoms with Crippen molar-refractivity contribution >= 4 is 34.9 Å². The van der Waals surface area contributed by atoms with Gasteiger partial charge in [0, 0.05) is 23.5 Å². The van der Waals surface area contributed by atoms with Crippen LogP contribution in [0.1, 0.15) is 68.5 Å². The van der Waals surface area contributed by atoms with Crippen LogP contribution in [0.2, 0.25) is 0 Å². The van der Waals surface area contributed by atoms with Gasteiger partial charge in [0.1, 0.15) is 36.1 Å². The van der Waals surface area contributed by atoms with Gasteiger partial charge >= 0.3 is 12.4 Å². The molecule has 1 aromatic carbocycles. The maximum Gasteiger partial charge on any atom is 0.405 e. The van der Waals surface area contributed by atoms with E-state index in [0.29, 0.717) is 5.69 Å². The van der Waals surface area contributed by atoms with Gasteiger partial charge in [0.15, 0.2) is 0 Å². The van der Waals surface area contributed by atoms with Crippen molar-refractivity contribution < 1.29 is 40.7 Å². The van der Waals surface area contributed by atoms with Crippen molar-refractivity contribution in [1.29, 1.82) is 0 Å². The number of halogens is 6. The molecule has 2 heterocycles. The van der Waals surface area contributed by atoms with Crippen molar-refractivity contribution in [1.82, 2.24) is 25.7 Å². The van der Waals surface area contributed by atoms with Crippen LogP contribution in [-0.4, -0.2) is 64.8 Å². The molecule has 0 unspecified atom stereocenters. The molecule has 2 saturated carbocycles. The number of rotatable bonds is 11.